The molecule has 8 nitrogen and oxygen atoms in total. The fraction of sp³-hybridized carbons (Fsp3) is 0.250. The SMILES string of the molecule is N#CCN(CC#N)c1nc(Cl)ncc1[N+](=O)[O-]. The van der Waals surface area contributed by atoms with E-state index in [0.717, 1.165) is 11.1 Å². The molecule has 1 aromatic rings. The molecule has 0 aliphatic carbocycles. The minimum Gasteiger partial charge on any atom is -0.324 e. The van der Waals surface area contributed by atoms with E-state index >= 15 is 0 Å². The molecule has 0 N–H and O–H groups in total. The Labute approximate surface area is 101 Å². The lowest BCUT2D eigenvalue weighted by molar-refractivity contribution is -0.384. The normalized spacial score (nSPS) is 9.12. The van der Waals surface area contributed by atoms with E-state index in [1.807, 2.05) is 0 Å². The van der Waals surface area contributed by atoms with Crippen molar-refractivity contribution in [2.24, 2.45) is 0 Å². The fourth-order valence-electron chi connectivity index (χ4n) is 1.08. The van der Waals surface area contributed by atoms with Gasteiger partial charge in [-0.3, -0.25) is 10.1 Å². The quantitative estimate of drug-likeness (QED) is 0.338. The molecule has 86 valence electrons. The number of hydrogen-bond donors (Lipinski definition) is 0. The minimum atomic E-state index is -0.701. The molecule has 0 aliphatic rings. The molecule has 17 heavy (non-hydrogen) atoms. The maximum atomic E-state index is 10.7. The van der Waals surface area contributed by atoms with Gasteiger partial charge in [0.15, 0.2) is 0 Å². The van der Waals surface area contributed by atoms with Gasteiger partial charge < -0.3 is 4.90 Å². The molecule has 0 spiro atoms. The van der Waals surface area contributed by atoms with E-state index < -0.39 is 10.6 Å². The van der Waals surface area contributed by atoms with Gasteiger partial charge in [0.25, 0.3) is 0 Å². The fourth-order valence-corrected chi connectivity index (χ4v) is 1.21. The summed E-state index contributed by atoms with van der Waals surface area (Å²) in [4.78, 5) is 18.3. The average molecular weight is 253 g/mol. The van der Waals surface area contributed by atoms with E-state index in [9.17, 15) is 10.1 Å². The third-order valence-corrected chi connectivity index (χ3v) is 1.92. The van der Waals surface area contributed by atoms with Crippen molar-refractivity contribution in [1.82, 2.24) is 9.97 Å². The Balaban J connectivity index is 3.25. The molecular formula is C8H5ClN6O2. The van der Waals surface area contributed by atoms with Crippen LogP contribution in [0.4, 0.5) is 11.5 Å². The monoisotopic (exact) mass is 252 g/mol. The van der Waals surface area contributed by atoms with Gasteiger partial charge in [-0.2, -0.15) is 15.5 Å². The number of nitro groups is 1. The highest BCUT2D eigenvalue weighted by molar-refractivity contribution is 6.28. The molecule has 0 amide bonds. The molecule has 0 unspecified atom stereocenters. The van der Waals surface area contributed by atoms with E-state index in [-0.39, 0.29) is 24.2 Å². The Morgan fingerprint density at radius 1 is 1.47 bits per heavy atom. The number of nitrogens with zero attached hydrogens (tertiary/aromatic N) is 6. The van der Waals surface area contributed by atoms with Gasteiger partial charge in [0.05, 0.1) is 17.1 Å². The van der Waals surface area contributed by atoms with Gasteiger partial charge in [-0.05, 0) is 11.6 Å². The highest BCUT2D eigenvalue weighted by atomic mass is 35.5. The highest BCUT2D eigenvalue weighted by Gasteiger charge is 2.22. The molecule has 1 aromatic heterocycles. The van der Waals surface area contributed by atoms with E-state index in [0.29, 0.717) is 0 Å². The maximum Gasteiger partial charge on any atom is 0.329 e. The molecule has 1 rings (SSSR count). The van der Waals surface area contributed by atoms with Crippen LogP contribution >= 0.6 is 11.6 Å². The number of nitriles is 2. The maximum absolute atomic E-state index is 10.7. The first kappa shape index (κ1) is 12.6. The third kappa shape index (κ3) is 3.00. The van der Waals surface area contributed by atoms with Crippen LogP contribution in [0.2, 0.25) is 5.28 Å². The molecule has 0 atom stereocenters. The zero-order valence-corrected chi connectivity index (χ0v) is 9.13. The third-order valence-electron chi connectivity index (χ3n) is 1.74. The van der Waals surface area contributed by atoms with Crippen molar-refractivity contribution < 1.29 is 4.92 Å². The Morgan fingerprint density at radius 2 is 2.06 bits per heavy atom. The van der Waals surface area contributed by atoms with Crippen molar-refractivity contribution in [3.05, 3.63) is 21.6 Å². The predicted molar refractivity (Wildman–Crippen MR) is 57.1 cm³/mol. The first-order chi connectivity index (χ1) is 8.10. The van der Waals surface area contributed by atoms with Gasteiger partial charge in [0.1, 0.15) is 19.3 Å². The minimum absolute atomic E-state index is 0.141. The van der Waals surface area contributed by atoms with Crippen LogP contribution < -0.4 is 4.90 Å². The lowest BCUT2D eigenvalue weighted by Crippen LogP contribution is -2.26. The largest absolute Gasteiger partial charge is 0.329 e. The van der Waals surface area contributed by atoms with Gasteiger partial charge in [-0.25, -0.2) is 4.98 Å². The average Bonchev–Trinajstić information content (AvgIpc) is 2.28. The lowest BCUT2D eigenvalue weighted by Gasteiger charge is -2.15. The Bertz CT molecular complexity index is 504. The van der Waals surface area contributed by atoms with Crippen LogP contribution in [0.1, 0.15) is 0 Å². The summed E-state index contributed by atoms with van der Waals surface area (Å²) in [5.74, 6) is -0.141. The molecule has 0 aromatic carbocycles. The summed E-state index contributed by atoms with van der Waals surface area (Å²) in [6.07, 6.45) is 0.937. The topological polar surface area (TPSA) is 120 Å². The van der Waals surface area contributed by atoms with Crippen molar-refractivity contribution in [2.45, 2.75) is 0 Å². The van der Waals surface area contributed by atoms with Gasteiger partial charge in [0.2, 0.25) is 11.1 Å². The number of aromatic nitrogens is 2. The van der Waals surface area contributed by atoms with Crippen molar-refractivity contribution >= 4 is 23.1 Å². The van der Waals surface area contributed by atoms with Gasteiger partial charge in [-0.1, -0.05) is 0 Å². The molecule has 0 aliphatic heterocycles. The Morgan fingerprint density at radius 3 is 2.53 bits per heavy atom. The summed E-state index contributed by atoms with van der Waals surface area (Å²) < 4.78 is 0. The van der Waals surface area contributed by atoms with E-state index in [4.69, 9.17) is 22.1 Å². The number of anilines is 1. The molecule has 0 saturated carbocycles. The molecule has 0 fully saturated rings. The van der Waals surface area contributed by atoms with Crippen molar-refractivity contribution in [3.63, 3.8) is 0 Å². The lowest BCUT2D eigenvalue weighted by atomic mass is 10.4. The van der Waals surface area contributed by atoms with E-state index in [1.54, 1.807) is 12.1 Å². The predicted octanol–water partition coefficient (Wildman–Crippen LogP) is 0.892. The second-order valence-electron chi connectivity index (χ2n) is 2.78. The van der Waals surface area contributed by atoms with E-state index in [1.165, 1.54) is 0 Å². The second kappa shape index (κ2) is 5.58. The molecule has 9 heteroatoms. The molecule has 0 radical (unpaired) electrons. The Hall–Kier alpha value is -2.45. The summed E-state index contributed by atoms with van der Waals surface area (Å²) >= 11 is 5.53. The van der Waals surface area contributed by atoms with Crippen LogP contribution in [0.15, 0.2) is 6.20 Å². The number of halogens is 1. The van der Waals surface area contributed by atoms with Crippen LogP contribution in [0.3, 0.4) is 0 Å². The summed E-state index contributed by atoms with van der Waals surface area (Å²) in [6.45, 7) is -0.413. The summed E-state index contributed by atoms with van der Waals surface area (Å²) in [5.41, 5.74) is -0.403. The van der Waals surface area contributed by atoms with Crippen LogP contribution in [0.25, 0.3) is 0 Å². The van der Waals surface area contributed by atoms with Crippen LogP contribution in [0.5, 0.6) is 0 Å². The molecule has 0 saturated heterocycles. The van der Waals surface area contributed by atoms with Crippen molar-refractivity contribution in [2.75, 3.05) is 18.0 Å². The van der Waals surface area contributed by atoms with Gasteiger partial charge >= 0.3 is 5.69 Å². The molecule has 0 bridgehead atoms. The highest BCUT2D eigenvalue weighted by Crippen LogP contribution is 2.25. The van der Waals surface area contributed by atoms with Crippen molar-refractivity contribution in [3.8, 4) is 12.1 Å². The second-order valence-corrected chi connectivity index (χ2v) is 3.12. The van der Waals surface area contributed by atoms with Crippen LogP contribution in [-0.4, -0.2) is 28.0 Å². The first-order valence-corrected chi connectivity index (χ1v) is 4.63. The zero-order chi connectivity index (χ0) is 12.8. The molecular weight excluding hydrogens is 248 g/mol. The van der Waals surface area contributed by atoms with Crippen molar-refractivity contribution in [1.29, 1.82) is 10.5 Å². The van der Waals surface area contributed by atoms with Gasteiger partial charge in [0, 0.05) is 0 Å². The first-order valence-electron chi connectivity index (χ1n) is 4.26. The van der Waals surface area contributed by atoms with E-state index in [2.05, 4.69) is 9.97 Å². The number of hydrogen-bond acceptors (Lipinski definition) is 7. The van der Waals surface area contributed by atoms with Gasteiger partial charge in [-0.15, -0.1) is 0 Å². The number of rotatable bonds is 4. The summed E-state index contributed by atoms with van der Waals surface area (Å²) in [7, 11) is 0. The van der Waals surface area contributed by atoms with Crippen LogP contribution in [0, 0.1) is 32.8 Å². The molecule has 1 heterocycles. The van der Waals surface area contributed by atoms with Crippen LogP contribution in [-0.2, 0) is 0 Å². The standard InChI is InChI=1S/C8H5ClN6O2/c9-8-12-5-6(15(16)17)7(13-8)14(3-1-10)4-2-11/h5H,3-4H2. The summed E-state index contributed by atoms with van der Waals surface area (Å²) in [6, 6.07) is 3.57. The summed E-state index contributed by atoms with van der Waals surface area (Å²) in [5, 5.41) is 27.7. The zero-order valence-electron chi connectivity index (χ0n) is 8.37. The smallest absolute Gasteiger partial charge is 0.324 e. The Kier molecular flexibility index (Phi) is 4.14.